The quantitative estimate of drug-likeness (QED) is 0.263. The highest BCUT2D eigenvalue weighted by Gasteiger charge is 2.23. The Morgan fingerprint density at radius 3 is 2.31 bits per heavy atom. The summed E-state index contributed by atoms with van der Waals surface area (Å²) in [6, 6.07) is 21.1. The molecule has 0 aliphatic carbocycles. The number of aryl methyl sites for hydroxylation is 1. The predicted octanol–water partition coefficient (Wildman–Crippen LogP) is 7.76. The summed E-state index contributed by atoms with van der Waals surface area (Å²) in [5, 5.41) is 4.80. The number of aromatic nitrogens is 2. The predicted molar refractivity (Wildman–Crippen MR) is 138 cm³/mol. The van der Waals surface area contributed by atoms with Gasteiger partial charge >= 0.3 is 0 Å². The van der Waals surface area contributed by atoms with E-state index in [1.54, 1.807) is 0 Å². The molecule has 0 atom stereocenters. The first-order valence-corrected chi connectivity index (χ1v) is 11.7. The molecule has 0 bridgehead atoms. The van der Waals surface area contributed by atoms with Gasteiger partial charge < -0.3 is 4.57 Å². The molecule has 0 spiro atoms. The van der Waals surface area contributed by atoms with E-state index in [9.17, 15) is 0 Å². The first-order chi connectivity index (χ1) is 15.7. The van der Waals surface area contributed by atoms with Gasteiger partial charge in [-0.25, -0.2) is 0 Å². The second-order valence-corrected chi connectivity index (χ2v) is 9.74. The molecule has 32 heavy (non-hydrogen) atoms. The van der Waals surface area contributed by atoms with Gasteiger partial charge in [0.15, 0.2) is 5.69 Å². The first kappa shape index (κ1) is 19.5. The van der Waals surface area contributed by atoms with Crippen molar-refractivity contribution in [3.63, 3.8) is 0 Å². The van der Waals surface area contributed by atoms with Crippen LogP contribution in [0.3, 0.4) is 0 Å². The molecule has 0 saturated heterocycles. The Morgan fingerprint density at radius 2 is 1.59 bits per heavy atom. The van der Waals surface area contributed by atoms with Crippen LogP contribution in [0, 0.1) is 13.8 Å². The maximum absolute atomic E-state index is 8.79. The molecule has 3 aromatic carbocycles. The smallest absolute Gasteiger partial charge is 0.220 e. The Kier molecular flexibility index (Phi) is 4.57. The Balaban J connectivity index is 1.94. The molecule has 0 amide bonds. The van der Waals surface area contributed by atoms with Crippen LogP contribution in [-0.4, -0.2) is 4.57 Å². The van der Waals surface area contributed by atoms with Crippen LogP contribution in [0.4, 0.5) is 0 Å². The highest BCUT2D eigenvalue weighted by Crippen LogP contribution is 2.38. The van der Waals surface area contributed by atoms with Crippen molar-refractivity contribution in [3.05, 3.63) is 77.5 Å². The molecule has 0 radical (unpaired) electrons. The summed E-state index contributed by atoms with van der Waals surface area (Å²) in [6.45, 7) is 13.3. The molecule has 2 heteroatoms. The van der Waals surface area contributed by atoms with Crippen LogP contribution >= 0.6 is 0 Å². The fourth-order valence-electron chi connectivity index (χ4n) is 5.14. The van der Waals surface area contributed by atoms with E-state index in [1.165, 1.54) is 44.2 Å². The van der Waals surface area contributed by atoms with Crippen molar-refractivity contribution in [2.24, 2.45) is 7.05 Å². The van der Waals surface area contributed by atoms with Gasteiger partial charge in [-0.05, 0) is 67.5 Å². The topological polar surface area (TPSA) is 8.81 Å². The summed E-state index contributed by atoms with van der Waals surface area (Å²) < 4.78 is 13.5. The molecular formula is C30H33N2+. The van der Waals surface area contributed by atoms with Crippen LogP contribution < -0.4 is 4.57 Å². The number of para-hydroxylation sites is 1. The van der Waals surface area contributed by atoms with E-state index in [4.69, 9.17) is 1.37 Å². The Morgan fingerprint density at radius 1 is 0.844 bits per heavy atom. The fraction of sp³-hybridized carbons (Fsp3) is 0.300. The molecule has 0 aliphatic rings. The fourth-order valence-corrected chi connectivity index (χ4v) is 5.14. The standard InChI is InChI=1S/C30H33N2/c1-18(2)22-12-13-23-15-21(6)31(7)30(26(23)16-22)25-17-29-27(14-20(25)5)24-10-8-9-11-28(24)32(29)19(3)4/h8-19H,1-7H3/q+1/i15D. The molecule has 2 heterocycles. The monoisotopic (exact) mass is 422 g/mol. The van der Waals surface area contributed by atoms with Gasteiger partial charge in [0.2, 0.25) is 5.69 Å². The highest BCUT2D eigenvalue weighted by molar-refractivity contribution is 6.10. The zero-order valence-corrected chi connectivity index (χ0v) is 20.2. The number of pyridine rings is 1. The van der Waals surface area contributed by atoms with Crippen LogP contribution in [-0.2, 0) is 7.05 Å². The number of hydrogen-bond acceptors (Lipinski definition) is 0. The van der Waals surface area contributed by atoms with Crippen LogP contribution in [0.2, 0.25) is 0 Å². The minimum absolute atomic E-state index is 0.360. The number of hydrogen-bond donors (Lipinski definition) is 0. The molecule has 0 fully saturated rings. The van der Waals surface area contributed by atoms with Gasteiger partial charge in [-0.15, -0.1) is 0 Å². The van der Waals surface area contributed by atoms with Crippen LogP contribution in [0.1, 0.15) is 57.8 Å². The minimum Gasteiger partial charge on any atom is -0.338 e. The lowest BCUT2D eigenvalue weighted by Gasteiger charge is -2.15. The average Bonchev–Trinajstić information content (AvgIpc) is 3.11. The van der Waals surface area contributed by atoms with Gasteiger partial charge in [0, 0.05) is 35.3 Å². The van der Waals surface area contributed by atoms with Gasteiger partial charge in [0.05, 0.1) is 17.8 Å². The Hall–Kier alpha value is -3.13. The van der Waals surface area contributed by atoms with Crippen LogP contribution in [0.25, 0.3) is 43.8 Å². The van der Waals surface area contributed by atoms with Crippen molar-refractivity contribution in [1.29, 1.82) is 0 Å². The van der Waals surface area contributed by atoms with E-state index in [0.717, 1.165) is 16.5 Å². The Bertz CT molecular complexity index is 1550. The molecule has 5 rings (SSSR count). The maximum Gasteiger partial charge on any atom is 0.220 e. The van der Waals surface area contributed by atoms with Crippen molar-refractivity contribution in [3.8, 4) is 11.3 Å². The number of rotatable bonds is 3. The summed E-state index contributed by atoms with van der Waals surface area (Å²) in [5.74, 6) is 0.440. The molecule has 0 unspecified atom stereocenters. The molecule has 162 valence electrons. The molecule has 0 N–H and O–H groups in total. The molecule has 0 saturated carbocycles. The van der Waals surface area contributed by atoms with Gasteiger partial charge in [-0.1, -0.05) is 44.2 Å². The van der Waals surface area contributed by atoms with Crippen molar-refractivity contribution in [2.45, 2.75) is 53.5 Å². The third-order valence-corrected chi connectivity index (χ3v) is 6.95. The van der Waals surface area contributed by atoms with Crippen molar-refractivity contribution in [1.82, 2.24) is 4.57 Å². The van der Waals surface area contributed by atoms with Crippen LogP contribution in [0.15, 0.2) is 60.6 Å². The Labute approximate surface area is 192 Å². The maximum atomic E-state index is 8.79. The van der Waals surface area contributed by atoms with E-state index in [-0.39, 0.29) is 0 Å². The van der Waals surface area contributed by atoms with Crippen LogP contribution in [0.5, 0.6) is 0 Å². The summed E-state index contributed by atoms with van der Waals surface area (Å²) in [6.07, 6.45) is 0. The molecule has 5 aromatic rings. The van der Waals surface area contributed by atoms with Gasteiger partial charge in [0.25, 0.3) is 0 Å². The van der Waals surface area contributed by atoms with E-state index in [0.29, 0.717) is 18.0 Å². The van der Waals surface area contributed by atoms with Crippen molar-refractivity contribution >= 4 is 32.6 Å². The molecule has 2 aromatic heterocycles. The lowest BCUT2D eigenvalue weighted by molar-refractivity contribution is -0.665. The second-order valence-electron chi connectivity index (χ2n) is 9.74. The van der Waals surface area contributed by atoms with Crippen molar-refractivity contribution < 1.29 is 5.94 Å². The van der Waals surface area contributed by atoms with E-state index >= 15 is 0 Å². The minimum atomic E-state index is 0.360. The van der Waals surface area contributed by atoms with Crippen molar-refractivity contribution in [2.75, 3.05) is 0 Å². The van der Waals surface area contributed by atoms with Gasteiger partial charge in [-0.3, -0.25) is 0 Å². The summed E-state index contributed by atoms with van der Waals surface area (Å²) in [7, 11) is 2.10. The SMILES string of the molecule is [2H]c1c(C)[n+](C)c(-c2cc3c(cc2C)c2ccccc2n3C(C)C)c2cc(C(C)C)ccc12. The molecule has 2 nitrogen and oxygen atoms in total. The third-order valence-electron chi connectivity index (χ3n) is 6.95. The van der Waals surface area contributed by atoms with E-state index in [2.05, 4.69) is 112 Å². The summed E-state index contributed by atoms with van der Waals surface area (Å²) in [5.41, 5.74) is 8.55. The second kappa shape index (κ2) is 7.48. The highest BCUT2D eigenvalue weighted by atomic mass is 15.0. The summed E-state index contributed by atoms with van der Waals surface area (Å²) >= 11 is 0. The largest absolute Gasteiger partial charge is 0.338 e. The zero-order chi connectivity index (χ0) is 23.6. The van der Waals surface area contributed by atoms with E-state index in [1.807, 2.05) is 0 Å². The number of benzene rings is 3. The zero-order valence-electron chi connectivity index (χ0n) is 21.2. The number of nitrogens with zero attached hydrogens (tertiary/aromatic N) is 2. The van der Waals surface area contributed by atoms with Gasteiger partial charge in [-0.2, -0.15) is 4.57 Å². The van der Waals surface area contributed by atoms with E-state index < -0.39 is 0 Å². The normalized spacial score (nSPS) is 12.6. The lowest BCUT2D eigenvalue weighted by Crippen LogP contribution is -2.35. The third kappa shape index (κ3) is 3.04. The number of fused-ring (bicyclic) bond motifs is 4. The molecular weight excluding hydrogens is 388 g/mol. The average molecular weight is 423 g/mol. The first-order valence-electron chi connectivity index (χ1n) is 12.2. The lowest BCUT2D eigenvalue weighted by atomic mass is 9.93. The summed E-state index contributed by atoms with van der Waals surface area (Å²) in [4.78, 5) is 0. The van der Waals surface area contributed by atoms with Gasteiger partial charge in [0.1, 0.15) is 7.05 Å². The molecule has 0 aliphatic heterocycles.